The van der Waals surface area contributed by atoms with Crippen molar-refractivity contribution in [3.63, 3.8) is 0 Å². The third kappa shape index (κ3) is 4.60. The molecular formula is C13H18ClF2N. The Balaban J connectivity index is 2.76. The molecule has 0 bridgehead atoms. The van der Waals surface area contributed by atoms with E-state index in [0.717, 1.165) is 16.1 Å². The summed E-state index contributed by atoms with van der Waals surface area (Å²) in [6.45, 7) is 6.37. The van der Waals surface area contributed by atoms with E-state index in [1.165, 1.54) is 0 Å². The van der Waals surface area contributed by atoms with Crippen LogP contribution >= 0.6 is 11.6 Å². The Morgan fingerprint density at radius 2 is 1.94 bits per heavy atom. The van der Waals surface area contributed by atoms with Crippen LogP contribution in [0.4, 0.5) is 8.78 Å². The monoisotopic (exact) mass is 261 g/mol. The van der Waals surface area contributed by atoms with Gasteiger partial charge in [-0.05, 0) is 22.6 Å². The Bertz CT molecular complexity index is 372. The molecule has 1 nitrogen and oxygen atoms in total. The van der Waals surface area contributed by atoms with Gasteiger partial charge in [0.15, 0.2) is 0 Å². The molecule has 0 spiro atoms. The van der Waals surface area contributed by atoms with Gasteiger partial charge < -0.3 is 5.32 Å². The zero-order valence-corrected chi connectivity index (χ0v) is 11.1. The molecule has 1 N–H and O–H groups in total. The Labute approximate surface area is 106 Å². The molecule has 1 aromatic rings. The molecule has 1 rings (SSSR count). The highest BCUT2D eigenvalue weighted by atomic mass is 35.5. The molecule has 0 aliphatic carbocycles. The van der Waals surface area contributed by atoms with Crippen LogP contribution in [0.15, 0.2) is 18.2 Å². The van der Waals surface area contributed by atoms with Crippen molar-refractivity contribution in [3.8, 4) is 0 Å². The van der Waals surface area contributed by atoms with E-state index in [1.54, 1.807) is 0 Å². The zero-order valence-electron chi connectivity index (χ0n) is 10.4. The zero-order chi connectivity index (χ0) is 13.1. The lowest BCUT2D eigenvalue weighted by Gasteiger charge is -2.21. The summed E-state index contributed by atoms with van der Waals surface area (Å²) < 4.78 is 24.0. The van der Waals surface area contributed by atoms with Crippen molar-refractivity contribution in [2.45, 2.75) is 39.2 Å². The van der Waals surface area contributed by atoms with Crippen molar-refractivity contribution in [1.29, 1.82) is 0 Å². The van der Waals surface area contributed by atoms with E-state index < -0.39 is 6.43 Å². The minimum absolute atomic E-state index is 0.0458. The molecule has 0 saturated heterocycles. The molecule has 1 aromatic carbocycles. The standard InChI is InChI=1S/C13H18ClF2N/c1-13(2,3)10-6-9(4-5-11(10)14)7-17-8-12(15)16/h4-6,12,17H,7-8H2,1-3H3. The first-order chi connectivity index (χ1) is 7.80. The lowest BCUT2D eigenvalue weighted by Crippen LogP contribution is -2.21. The molecule has 0 radical (unpaired) electrons. The van der Waals surface area contributed by atoms with Gasteiger partial charge in [0.25, 0.3) is 6.43 Å². The summed E-state index contributed by atoms with van der Waals surface area (Å²) in [6, 6.07) is 5.65. The van der Waals surface area contributed by atoms with Crippen molar-refractivity contribution in [2.24, 2.45) is 0 Å². The smallest absolute Gasteiger partial charge is 0.250 e. The summed E-state index contributed by atoms with van der Waals surface area (Å²) in [5, 5.41) is 3.42. The summed E-state index contributed by atoms with van der Waals surface area (Å²) in [5.74, 6) is 0. The molecule has 0 aromatic heterocycles. The molecule has 17 heavy (non-hydrogen) atoms. The van der Waals surface area contributed by atoms with Gasteiger partial charge in [0.05, 0.1) is 6.54 Å². The lowest BCUT2D eigenvalue weighted by molar-refractivity contribution is 0.145. The van der Waals surface area contributed by atoms with Crippen LogP contribution in [0.1, 0.15) is 31.9 Å². The summed E-state index contributed by atoms with van der Waals surface area (Å²) in [5.41, 5.74) is 1.96. The second-order valence-corrected chi connectivity index (χ2v) is 5.49. The third-order valence-electron chi connectivity index (χ3n) is 2.47. The van der Waals surface area contributed by atoms with Gasteiger partial charge in [0, 0.05) is 11.6 Å². The van der Waals surface area contributed by atoms with E-state index in [0.29, 0.717) is 6.54 Å². The maximum absolute atomic E-state index is 12.0. The first kappa shape index (κ1) is 14.4. The first-order valence-corrected chi connectivity index (χ1v) is 5.96. The van der Waals surface area contributed by atoms with Crippen LogP contribution in [0.3, 0.4) is 0 Å². The number of hydrogen-bond donors (Lipinski definition) is 1. The highest BCUT2D eigenvalue weighted by molar-refractivity contribution is 6.31. The van der Waals surface area contributed by atoms with Crippen LogP contribution < -0.4 is 5.32 Å². The molecule has 96 valence electrons. The Hall–Kier alpha value is -0.670. The second-order valence-electron chi connectivity index (χ2n) is 5.09. The Kier molecular flexibility index (Phi) is 4.90. The lowest BCUT2D eigenvalue weighted by atomic mass is 9.86. The maximum Gasteiger partial charge on any atom is 0.250 e. The van der Waals surface area contributed by atoms with Gasteiger partial charge in [0.1, 0.15) is 0 Å². The normalized spacial score (nSPS) is 12.2. The van der Waals surface area contributed by atoms with Crippen molar-refractivity contribution in [1.82, 2.24) is 5.32 Å². The summed E-state index contributed by atoms with van der Waals surface area (Å²) in [7, 11) is 0. The molecule has 0 aliphatic heterocycles. The second kappa shape index (κ2) is 5.78. The van der Waals surface area contributed by atoms with Gasteiger partial charge in [-0.25, -0.2) is 8.78 Å². The van der Waals surface area contributed by atoms with E-state index in [9.17, 15) is 8.78 Å². The molecule has 0 atom stereocenters. The van der Waals surface area contributed by atoms with Gasteiger partial charge >= 0.3 is 0 Å². The minimum Gasteiger partial charge on any atom is -0.307 e. The fourth-order valence-electron chi connectivity index (χ4n) is 1.58. The van der Waals surface area contributed by atoms with E-state index in [1.807, 2.05) is 18.2 Å². The fraction of sp³-hybridized carbons (Fsp3) is 0.538. The van der Waals surface area contributed by atoms with Crippen LogP contribution in [0.5, 0.6) is 0 Å². The predicted molar refractivity (Wildman–Crippen MR) is 67.9 cm³/mol. The number of rotatable bonds is 4. The molecule has 0 saturated carbocycles. The largest absolute Gasteiger partial charge is 0.307 e. The van der Waals surface area contributed by atoms with Crippen molar-refractivity contribution >= 4 is 11.6 Å². The number of halogens is 3. The molecule has 0 fully saturated rings. The van der Waals surface area contributed by atoms with E-state index in [-0.39, 0.29) is 12.0 Å². The van der Waals surface area contributed by atoms with Gasteiger partial charge in [0.2, 0.25) is 0 Å². The summed E-state index contributed by atoms with van der Waals surface area (Å²) in [4.78, 5) is 0. The van der Waals surface area contributed by atoms with Crippen LogP contribution in [0, 0.1) is 0 Å². The quantitative estimate of drug-likeness (QED) is 0.864. The third-order valence-corrected chi connectivity index (χ3v) is 2.80. The van der Waals surface area contributed by atoms with Gasteiger partial charge in [-0.1, -0.05) is 44.5 Å². The van der Waals surface area contributed by atoms with Gasteiger partial charge in [-0.15, -0.1) is 0 Å². The Morgan fingerprint density at radius 3 is 2.47 bits per heavy atom. The van der Waals surface area contributed by atoms with E-state index in [2.05, 4.69) is 26.1 Å². The highest BCUT2D eigenvalue weighted by Gasteiger charge is 2.17. The maximum atomic E-state index is 12.0. The molecule has 4 heteroatoms. The fourth-order valence-corrected chi connectivity index (χ4v) is 1.98. The van der Waals surface area contributed by atoms with Gasteiger partial charge in [-0.3, -0.25) is 0 Å². The van der Waals surface area contributed by atoms with Crippen LogP contribution in [-0.2, 0) is 12.0 Å². The minimum atomic E-state index is -2.32. The van der Waals surface area contributed by atoms with Crippen LogP contribution in [0.2, 0.25) is 5.02 Å². The average Bonchev–Trinajstić information content (AvgIpc) is 2.18. The SMILES string of the molecule is CC(C)(C)c1cc(CNCC(F)F)ccc1Cl. The van der Waals surface area contributed by atoms with Crippen LogP contribution in [-0.4, -0.2) is 13.0 Å². The summed E-state index contributed by atoms with van der Waals surface area (Å²) in [6.07, 6.45) is -2.32. The predicted octanol–water partition coefficient (Wildman–Crippen LogP) is 3.99. The van der Waals surface area contributed by atoms with E-state index >= 15 is 0 Å². The molecule has 0 amide bonds. The number of nitrogens with one attached hydrogen (secondary N) is 1. The summed E-state index contributed by atoms with van der Waals surface area (Å²) >= 11 is 6.12. The Morgan fingerprint density at radius 1 is 1.29 bits per heavy atom. The number of alkyl halides is 2. The number of hydrogen-bond acceptors (Lipinski definition) is 1. The number of benzene rings is 1. The van der Waals surface area contributed by atoms with Crippen LogP contribution in [0.25, 0.3) is 0 Å². The average molecular weight is 262 g/mol. The molecule has 0 heterocycles. The van der Waals surface area contributed by atoms with Gasteiger partial charge in [-0.2, -0.15) is 0 Å². The van der Waals surface area contributed by atoms with Crippen molar-refractivity contribution in [3.05, 3.63) is 34.3 Å². The van der Waals surface area contributed by atoms with E-state index in [4.69, 9.17) is 11.6 Å². The van der Waals surface area contributed by atoms with Crippen molar-refractivity contribution < 1.29 is 8.78 Å². The molecule has 0 unspecified atom stereocenters. The first-order valence-electron chi connectivity index (χ1n) is 5.58. The molecule has 0 aliphatic rings. The molecular weight excluding hydrogens is 244 g/mol. The van der Waals surface area contributed by atoms with Crippen molar-refractivity contribution in [2.75, 3.05) is 6.54 Å². The topological polar surface area (TPSA) is 12.0 Å². The highest BCUT2D eigenvalue weighted by Crippen LogP contribution is 2.30.